The Balaban J connectivity index is 2.50. The zero-order valence-electron chi connectivity index (χ0n) is 12.9. The highest BCUT2D eigenvalue weighted by atomic mass is 16.2. The van der Waals surface area contributed by atoms with E-state index in [1.54, 1.807) is 17.3 Å². The number of likely N-dealkylation sites (N-methyl/N-ethyl adjacent to an activating group) is 1. The zero-order chi connectivity index (χ0) is 15.8. The number of rotatable bonds is 7. The smallest absolute Gasteiger partial charge is 0.242 e. The molecule has 0 bridgehead atoms. The first-order valence-corrected chi connectivity index (χ1v) is 7.15. The monoisotopic (exact) mass is 292 g/mol. The molecule has 0 unspecified atom stereocenters. The summed E-state index contributed by atoms with van der Waals surface area (Å²) in [6.07, 6.45) is 3.38. The third-order valence-electron chi connectivity index (χ3n) is 3.29. The average molecular weight is 292 g/mol. The van der Waals surface area contributed by atoms with Crippen LogP contribution in [0.3, 0.4) is 0 Å². The van der Waals surface area contributed by atoms with E-state index in [1.165, 1.54) is 0 Å². The van der Waals surface area contributed by atoms with Gasteiger partial charge in [-0.3, -0.25) is 14.6 Å². The van der Waals surface area contributed by atoms with E-state index in [-0.39, 0.29) is 24.3 Å². The van der Waals surface area contributed by atoms with Gasteiger partial charge in [-0.15, -0.1) is 0 Å². The molecule has 2 amide bonds. The summed E-state index contributed by atoms with van der Waals surface area (Å²) >= 11 is 0. The fourth-order valence-electron chi connectivity index (χ4n) is 1.78. The molecule has 116 valence electrons. The van der Waals surface area contributed by atoms with Crippen LogP contribution in [0.5, 0.6) is 0 Å². The van der Waals surface area contributed by atoms with Crippen molar-refractivity contribution in [2.75, 3.05) is 13.1 Å². The van der Waals surface area contributed by atoms with E-state index >= 15 is 0 Å². The molecule has 0 saturated carbocycles. The van der Waals surface area contributed by atoms with Crippen LogP contribution in [0.25, 0.3) is 0 Å². The molecule has 1 atom stereocenters. The number of carbonyl (C=O) groups is 2. The summed E-state index contributed by atoms with van der Waals surface area (Å²) in [5, 5.41) is 2.60. The lowest BCUT2D eigenvalue weighted by Crippen LogP contribution is -2.47. The highest BCUT2D eigenvalue weighted by Gasteiger charge is 2.19. The molecule has 0 saturated heterocycles. The number of aromatic nitrogens is 1. The molecule has 3 N–H and O–H groups in total. The normalized spacial score (nSPS) is 12.0. The molecule has 0 aromatic carbocycles. The maximum absolute atomic E-state index is 12.1. The van der Waals surface area contributed by atoms with Crippen molar-refractivity contribution in [2.24, 2.45) is 11.7 Å². The van der Waals surface area contributed by atoms with Crippen LogP contribution in [0.4, 0.5) is 0 Å². The highest BCUT2D eigenvalue weighted by Crippen LogP contribution is 2.03. The van der Waals surface area contributed by atoms with E-state index in [2.05, 4.69) is 10.3 Å². The van der Waals surface area contributed by atoms with E-state index in [1.807, 2.05) is 32.9 Å². The molecule has 1 aromatic rings. The van der Waals surface area contributed by atoms with Crippen LogP contribution in [-0.2, 0) is 16.1 Å². The summed E-state index contributed by atoms with van der Waals surface area (Å²) in [5.74, 6) is -0.379. The fourth-order valence-corrected chi connectivity index (χ4v) is 1.78. The zero-order valence-corrected chi connectivity index (χ0v) is 12.9. The number of nitrogens with one attached hydrogen (secondary N) is 1. The Bertz CT molecular complexity index is 462. The number of nitrogens with zero attached hydrogens (tertiary/aromatic N) is 2. The lowest BCUT2D eigenvalue weighted by Gasteiger charge is -2.22. The third-order valence-corrected chi connectivity index (χ3v) is 3.29. The van der Waals surface area contributed by atoms with Gasteiger partial charge in [0.25, 0.3) is 0 Å². The van der Waals surface area contributed by atoms with E-state index < -0.39 is 6.04 Å². The van der Waals surface area contributed by atoms with Gasteiger partial charge in [0, 0.05) is 25.5 Å². The second kappa shape index (κ2) is 8.36. The van der Waals surface area contributed by atoms with Crippen molar-refractivity contribution in [3.8, 4) is 0 Å². The van der Waals surface area contributed by atoms with Crippen LogP contribution in [0.1, 0.15) is 26.3 Å². The van der Waals surface area contributed by atoms with Crippen molar-refractivity contribution < 1.29 is 9.59 Å². The standard InChI is InChI=1S/C15H24N4O2/c1-4-19(10-12-5-7-17-8-6-12)13(20)9-18-15(21)14(16)11(2)3/h5-8,11,14H,4,9-10,16H2,1-3H3,(H,18,21)/t14-/m0/s1. The Morgan fingerprint density at radius 1 is 1.33 bits per heavy atom. The molecule has 6 nitrogen and oxygen atoms in total. The van der Waals surface area contributed by atoms with Gasteiger partial charge in [0.2, 0.25) is 11.8 Å². The lowest BCUT2D eigenvalue weighted by atomic mass is 10.1. The Kier molecular flexibility index (Phi) is 6.81. The van der Waals surface area contributed by atoms with E-state index in [4.69, 9.17) is 5.73 Å². The molecule has 21 heavy (non-hydrogen) atoms. The van der Waals surface area contributed by atoms with Crippen molar-refractivity contribution in [2.45, 2.75) is 33.4 Å². The van der Waals surface area contributed by atoms with Crippen molar-refractivity contribution in [3.05, 3.63) is 30.1 Å². The molecule has 0 radical (unpaired) electrons. The number of pyridine rings is 1. The summed E-state index contributed by atoms with van der Waals surface area (Å²) in [4.78, 5) is 29.5. The molecular weight excluding hydrogens is 268 g/mol. The minimum Gasteiger partial charge on any atom is -0.346 e. The van der Waals surface area contributed by atoms with Gasteiger partial charge >= 0.3 is 0 Å². The van der Waals surface area contributed by atoms with E-state index in [9.17, 15) is 9.59 Å². The molecule has 6 heteroatoms. The highest BCUT2D eigenvalue weighted by molar-refractivity contribution is 5.87. The van der Waals surface area contributed by atoms with Crippen molar-refractivity contribution in [1.82, 2.24) is 15.2 Å². The van der Waals surface area contributed by atoms with Crippen LogP contribution in [0, 0.1) is 5.92 Å². The summed E-state index contributed by atoms with van der Waals surface area (Å²) in [7, 11) is 0. The van der Waals surface area contributed by atoms with Gasteiger partial charge in [0.05, 0.1) is 12.6 Å². The van der Waals surface area contributed by atoms with Gasteiger partial charge in [-0.05, 0) is 30.5 Å². The molecule has 0 fully saturated rings. The second-order valence-electron chi connectivity index (χ2n) is 5.25. The Hall–Kier alpha value is -1.95. The number of carbonyl (C=O) groups excluding carboxylic acids is 2. The largest absolute Gasteiger partial charge is 0.346 e. The maximum atomic E-state index is 12.1. The van der Waals surface area contributed by atoms with Crippen LogP contribution < -0.4 is 11.1 Å². The third kappa shape index (κ3) is 5.51. The number of nitrogens with two attached hydrogens (primary N) is 1. The van der Waals surface area contributed by atoms with Gasteiger partial charge < -0.3 is 16.0 Å². The predicted octanol–water partition coefficient (Wildman–Crippen LogP) is 0.530. The predicted molar refractivity (Wildman–Crippen MR) is 81.2 cm³/mol. The molecule has 1 aromatic heterocycles. The van der Waals surface area contributed by atoms with Gasteiger partial charge in [0.15, 0.2) is 0 Å². The summed E-state index contributed by atoms with van der Waals surface area (Å²) < 4.78 is 0. The van der Waals surface area contributed by atoms with Crippen LogP contribution >= 0.6 is 0 Å². The summed E-state index contributed by atoms with van der Waals surface area (Å²) in [6, 6.07) is 3.14. The number of amides is 2. The first kappa shape index (κ1) is 17.1. The summed E-state index contributed by atoms with van der Waals surface area (Å²) in [6.45, 7) is 6.69. The molecule has 1 rings (SSSR count). The lowest BCUT2D eigenvalue weighted by molar-refractivity contribution is -0.133. The first-order chi connectivity index (χ1) is 9.95. The fraction of sp³-hybridized carbons (Fsp3) is 0.533. The topological polar surface area (TPSA) is 88.3 Å². The number of hydrogen-bond donors (Lipinski definition) is 2. The van der Waals surface area contributed by atoms with Gasteiger partial charge in [0.1, 0.15) is 0 Å². The van der Waals surface area contributed by atoms with Crippen molar-refractivity contribution in [3.63, 3.8) is 0 Å². The molecule has 0 aliphatic rings. The minimum atomic E-state index is -0.590. The number of hydrogen-bond acceptors (Lipinski definition) is 4. The van der Waals surface area contributed by atoms with Crippen molar-refractivity contribution >= 4 is 11.8 Å². The molecular formula is C15H24N4O2. The van der Waals surface area contributed by atoms with Gasteiger partial charge in [-0.2, -0.15) is 0 Å². The molecule has 1 heterocycles. The Morgan fingerprint density at radius 3 is 2.48 bits per heavy atom. The summed E-state index contributed by atoms with van der Waals surface area (Å²) in [5.41, 5.74) is 6.74. The average Bonchev–Trinajstić information content (AvgIpc) is 2.49. The molecule has 0 spiro atoms. The van der Waals surface area contributed by atoms with E-state index in [0.29, 0.717) is 13.1 Å². The van der Waals surface area contributed by atoms with Crippen molar-refractivity contribution in [1.29, 1.82) is 0 Å². The Labute approximate surface area is 125 Å². The minimum absolute atomic E-state index is 0.0296. The van der Waals surface area contributed by atoms with Crippen LogP contribution in [0.2, 0.25) is 0 Å². The van der Waals surface area contributed by atoms with Crippen LogP contribution in [-0.4, -0.2) is 40.8 Å². The molecule has 0 aliphatic carbocycles. The maximum Gasteiger partial charge on any atom is 0.242 e. The van der Waals surface area contributed by atoms with Crippen LogP contribution in [0.15, 0.2) is 24.5 Å². The second-order valence-corrected chi connectivity index (χ2v) is 5.25. The quantitative estimate of drug-likeness (QED) is 0.767. The van der Waals surface area contributed by atoms with E-state index in [0.717, 1.165) is 5.56 Å². The Morgan fingerprint density at radius 2 is 1.95 bits per heavy atom. The molecule has 0 aliphatic heterocycles. The SMILES string of the molecule is CCN(Cc1ccncc1)C(=O)CNC(=O)[C@@H](N)C(C)C. The first-order valence-electron chi connectivity index (χ1n) is 7.15. The van der Waals surface area contributed by atoms with Gasteiger partial charge in [-0.1, -0.05) is 13.8 Å². The van der Waals surface area contributed by atoms with Gasteiger partial charge in [-0.25, -0.2) is 0 Å².